The largest absolute Gasteiger partial charge is 0.543 e. The summed E-state index contributed by atoms with van der Waals surface area (Å²) in [7, 11) is -5.98. The van der Waals surface area contributed by atoms with Gasteiger partial charge in [-0.3, -0.25) is 9.23 Å². The van der Waals surface area contributed by atoms with E-state index in [1.54, 1.807) is 6.92 Å². The van der Waals surface area contributed by atoms with E-state index >= 15 is 0 Å². The maximum absolute atomic E-state index is 11.0. The number of rotatable bonds is 13. The van der Waals surface area contributed by atoms with E-state index in [1.807, 2.05) is 21.8 Å². The molecule has 42 heavy (non-hydrogen) atoms. The summed E-state index contributed by atoms with van der Waals surface area (Å²) in [5.41, 5.74) is 2.83. The van der Waals surface area contributed by atoms with Gasteiger partial charge in [0.05, 0.1) is 24.1 Å². The number of hydrogen-bond donors (Lipinski definition) is 1. The van der Waals surface area contributed by atoms with Gasteiger partial charge in [0.2, 0.25) is 8.32 Å². The molecule has 1 fully saturated rings. The molecule has 1 aliphatic rings. The molecule has 4 rings (SSSR count). The highest BCUT2D eigenvalue weighted by Crippen LogP contribution is 2.39. The molecule has 2 aromatic heterocycles. The number of benzene rings is 1. The Morgan fingerprint density at radius 1 is 1.19 bits per heavy atom. The summed E-state index contributed by atoms with van der Waals surface area (Å²) in [5.74, 6) is 0.654. The van der Waals surface area contributed by atoms with Gasteiger partial charge in [0.15, 0.2) is 6.23 Å². The molecular formula is C30H48N4O6SSi. The van der Waals surface area contributed by atoms with Gasteiger partial charge < -0.3 is 13.9 Å². The van der Waals surface area contributed by atoms with Crippen molar-refractivity contribution in [2.75, 3.05) is 25.6 Å². The Morgan fingerprint density at radius 2 is 1.95 bits per heavy atom. The second-order valence-corrected chi connectivity index (χ2v) is 19.7. The van der Waals surface area contributed by atoms with Crippen LogP contribution in [-0.4, -0.2) is 66.4 Å². The van der Waals surface area contributed by atoms with E-state index in [0.29, 0.717) is 26.2 Å². The summed E-state index contributed by atoms with van der Waals surface area (Å²) in [5, 5.41) is 10.8. The van der Waals surface area contributed by atoms with Crippen LogP contribution in [0.4, 0.5) is 0 Å². The van der Waals surface area contributed by atoms with Gasteiger partial charge in [-0.25, -0.2) is 4.68 Å². The van der Waals surface area contributed by atoms with Gasteiger partial charge in [-0.1, -0.05) is 34.6 Å². The third-order valence-electron chi connectivity index (χ3n) is 8.34. The first-order valence-corrected chi connectivity index (χ1v) is 19.5. The van der Waals surface area contributed by atoms with Crippen LogP contribution in [0.1, 0.15) is 66.5 Å². The van der Waals surface area contributed by atoms with Gasteiger partial charge in [0.1, 0.15) is 11.4 Å². The lowest BCUT2D eigenvalue weighted by atomic mass is 10.1. The monoisotopic (exact) mass is 620 g/mol. The lowest BCUT2D eigenvalue weighted by Gasteiger charge is -2.36. The Bertz CT molecular complexity index is 1440. The van der Waals surface area contributed by atoms with Crippen molar-refractivity contribution in [1.29, 1.82) is 0 Å². The molecule has 1 saturated heterocycles. The van der Waals surface area contributed by atoms with Crippen LogP contribution in [0.25, 0.3) is 22.2 Å². The summed E-state index contributed by atoms with van der Waals surface area (Å²) in [4.78, 5) is 0. The lowest BCUT2D eigenvalue weighted by molar-refractivity contribution is -0.0365. The first kappa shape index (κ1) is 32.7. The second kappa shape index (κ2) is 13.2. The van der Waals surface area contributed by atoms with E-state index in [9.17, 15) is 8.42 Å². The minimum atomic E-state index is -3.96. The molecule has 0 aliphatic carbocycles. The molecule has 10 nitrogen and oxygen atoms in total. The van der Waals surface area contributed by atoms with Crippen molar-refractivity contribution < 1.29 is 26.9 Å². The van der Waals surface area contributed by atoms with Gasteiger partial charge in [-0.05, 0) is 73.9 Å². The van der Waals surface area contributed by atoms with Crippen LogP contribution in [0.5, 0.6) is 5.75 Å². The molecule has 1 aliphatic heterocycles. The maximum atomic E-state index is 11.0. The molecule has 0 spiro atoms. The molecule has 0 amide bonds. The summed E-state index contributed by atoms with van der Waals surface area (Å²) < 4.78 is 53.6. The Kier molecular flexibility index (Phi) is 10.2. The van der Waals surface area contributed by atoms with Crippen LogP contribution >= 0.6 is 0 Å². The fourth-order valence-corrected chi connectivity index (χ4v) is 6.86. The summed E-state index contributed by atoms with van der Waals surface area (Å²) in [6.45, 7) is 17.5. The SMILES string of the molecule is C[C@H](CCOC[C@H](C)Cn1cc(-c2nn(C3CCCCO3)c3ccc(O[Si](C)(C)C(C)(C)C)cc23)cn1)CS(=O)(=O)O. The molecule has 1 aromatic carbocycles. The third-order valence-corrected chi connectivity index (χ3v) is 13.7. The minimum Gasteiger partial charge on any atom is -0.543 e. The minimum absolute atomic E-state index is 0.0881. The third kappa shape index (κ3) is 8.43. The van der Waals surface area contributed by atoms with Crippen molar-refractivity contribution in [3.8, 4) is 17.0 Å². The van der Waals surface area contributed by atoms with Crippen LogP contribution < -0.4 is 4.43 Å². The zero-order valence-electron chi connectivity index (χ0n) is 26.2. The molecule has 0 bridgehead atoms. The molecule has 1 unspecified atom stereocenters. The molecule has 3 atom stereocenters. The quantitative estimate of drug-likeness (QED) is 0.130. The van der Waals surface area contributed by atoms with Crippen LogP contribution in [-0.2, 0) is 26.1 Å². The standard InChI is InChI=1S/C30H48N4O6SSi/c1-22(21-41(35,36)37)13-15-38-20-23(2)18-33-19-24(17-31-33)29-26-16-25(40-42(6,7)30(3,4)5)11-12-27(26)34(32-29)28-10-8-9-14-39-28/h11-12,16-17,19,22-23,28H,8-10,13-15,18,20-21H2,1-7H3,(H,35,36,37)/t22-,23-,28?/m1/s1. The maximum Gasteiger partial charge on any atom is 0.265 e. The van der Waals surface area contributed by atoms with E-state index in [1.165, 1.54) is 0 Å². The van der Waals surface area contributed by atoms with Crippen LogP contribution in [0, 0.1) is 11.8 Å². The van der Waals surface area contributed by atoms with Crippen LogP contribution in [0.2, 0.25) is 18.1 Å². The highest BCUT2D eigenvalue weighted by molar-refractivity contribution is 7.85. The molecular weight excluding hydrogens is 573 g/mol. The first-order chi connectivity index (χ1) is 19.6. The lowest BCUT2D eigenvalue weighted by Crippen LogP contribution is -2.43. The van der Waals surface area contributed by atoms with Gasteiger partial charge >= 0.3 is 0 Å². The zero-order valence-corrected chi connectivity index (χ0v) is 28.0. The topological polar surface area (TPSA) is 118 Å². The van der Waals surface area contributed by atoms with E-state index < -0.39 is 18.4 Å². The molecule has 3 heterocycles. The normalized spacial score (nSPS) is 18.3. The zero-order chi connectivity index (χ0) is 30.7. The average molecular weight is 621 g/mol. The number of ether oxygens (including phenoxy) is 2. The van der Waals surface area contributed by atoms with Crippen molar-refractivity contribution in [2.24, 2.45) is 11.8 Å². The fraction of sp³-hybridized carbons (Fsp3) is 0.667. The molecule has 234 valence electrons. The predicted molar refractivity (Wildman–Crippen MR) is 168 cm³/mol. The molecule has 0 saturated carbocycles. The van der Waals surface area contributed by atoms with Crippen molar-refractivity contribution >= 4 is 29.3 Å². The Hall–Kier alpha value is -2.25. The molecule has 0 radical (unpaired) electrons. The van der Waals surface area contributed by atoms with Crippen molar-refractivity contribution in [3.05, 3.63) is 30.6 Å². The Morgan fingerprint density at radius 3 is 2.62 bits per heavy atom. The summed E-state index contributed by atoms with van der Waals surface area (Å²) in [6.07, 6.45) is 7.50. The molecule has 3 aromatic rings. The first-order valence-electron chi connectivity index (χ1n) is 15.0. The Balaban J connectivity index is 1.50. The highest BCUT2D eigenvalue weighted by Gasteiger charge is 2.39. The number of hydrogen-bond acceptors (Lipinski definition) is 7. The second-order valence-electron chi connectivity index (χ2n) is 13.4. The van der Waals surface area contributed by atoms with Gasteiger partial charge in [0, 0.05) is 36.9 Å². The fourth-order valence-electron chi connectivity index (χ4n) is 4.95. The van der Waals surface area contributed by atoms with E-state index in [2.05, 4.69) is 64.1 Å². The van der Waals surface area contributed by atoms with Gasteiger partial charge in [-0.2, -0.15) is 18.6 Å². The Labute approximate surface area is 251 Å². The van der Waals surface area contributed by atoms with Crippen LogP contribution in [0.15, 0.2) is 30.6 Å². The summed E-state index contributed by atoms with van der Waals surface area (Å²) >= 11 is 0. The number of fused-ring (bicyclic) bond motifs is 1. The van der Waals surface area contributed by atoms with Crippen molar-refractivity contribution in [3.63, 3.8) is 0 Å². The van der Waals surface area contributed by atoms with Crippen molar-refractivity contribution in [2.45, 2.75) is 91.2 Å². The van der Waals surface area contributed by atoms with Crippen molar-refractivity contribution in [1.82, 2.24) is 19.6 Å². The van der Waals surface area contributed by atoms with Gasteiger partial charge in [-0.15, -0.1) is 0 Å². The number of aromatic nitrogens is 4. The molecule has 12 heteroatoms. The predicted octanol–water partition coefficient (Wildman–Crippen LogP) is 6.55. The smallest absolute Gasteiger partial charge is 0.265 e. The summed E-state index contributed by atoms with van der Waals surface area (Å²) in [6, 6.07) is 6.28. The van der Waals surface area contributed by atoms with Gasteiger partial charge in [0.25, 0.3) is 10.1 Å². The average Bonchev–Trinajstić information content (AvgIpc) is 3.49. The van der Waals surface area contributed by atoms with E-state index in [4.69, 9.17) is 23.6 Å². The van der Waals surface area contributed by atoms with E-state index in [0.717, 1.165) is 53.8 Å². The van der Waals surface area contributed by atoms with Crippen LogP contribution in [0.3, 0.4) is 0 Å². The van der Waals surface area contributed by atoms with E-state index in [-0.39, 0.29) is 28.9 Å². The number of nitrogens with zero attached hydrogens (tertiary/aromatic N) is 4. The molecule has 1 N–H and O–H groups in total. The highest BCUT2D eigenvalue weighted by atomic mass is 32.2.